The highest BCUT2D eigenvalue weighted by molar-refractivity contribution is 5.53. The molecule has 0 amide bonds. The molecule has 31 heavy (non-hydrogen) atoms. The van der Waals surface area contributed by atoms with Crippen molar-refractivity contribution in [2.75, 3.05) is 19.2 Å². The largest absolute Gasteiger partial charge is 0.406 e. The standard InChI is InChI=1S/C25H35F3N2O/c1-15-7-9-18(10-8-15)30-22-20-12-11-19(31-6)14-24(20,4)13-16(2)17(3)21(22)23(29(30)5)25(26,27)28/h7-10,12,16-17,19,21-23H,11,13-14H2,1-6H3. The lowest BCUT2D eigenvalue weighted by atomic mass is 9.67. The predicted octanol–water partition coefficient (Wildman–Crippen LogP) is 5.99. The van der Waals surface area contributed by atoms with Crippen LogP contribution in [0.5, 0.6) is 0 Å². The third-order valence-corrected chi connectivity index (χ3v) is 8.27. The van der Waals surface area contributed by atoms with Crippen LogP contribution in [0, 0.1) is 30.1 Å². The Labute approximate surface area is 184 Å². The van der Waals surface area contributed by atoms with E-state index in [0.717, 1.165) is 30.5 Å². The SMILES string of the molecule is COC1CC=C2C3C(C(C)C(C)CC2(C)C1)C(C(F)(F)F)N(C)N3c1ccc(C)cc1. The van der Waals surface area contributed by atoms with Gasteiger partial charge in [-0.3, -0.25) is 5.01 Å². The number of hydrogen-bond acceptors (Lipinski definition) is 3. The number of halogens is 3. The number of nitrogens with zero attached hydrogens (tertiary/aromatic N) is 2. The number of hydrogen-bond donors (Lipinski definition) is 0. The van der Waals surface area contributed by atoms with Crippen LogP contribution < -0.4 is 5.01 Å². The summed E-state index contributed by atoms with van der Waals surface area (Å²) in [6, 6.07) is 6.08. The minimum absolute atomic E-state index is 0.0566. The maximum Gasteiger partial charge on any atom is 0.406 e. The van der Waals surface area contributed by atoms with Crippen molar-refractivity contribution in [1.29, 1.82) is 0 Å². The van der Waals surface area contributed by atoms with E-state index in [9.17, 15) is 13.2 Å². The maximum atomic E-state index is 14.5. The van der Waals surface area contributed by atoms with Gasteiger partial charge in [0.25, 0.3) is 0 Å². The molecule has 1 aromatic rings. The second kappa shape index (κ2) is 7.80. The Morgan fingerprint density at radius 2 is 1.74 bits per heavy atom. The fourth-order valence-corrected chi connectivity index (χ4v) is 6.64. The van der Waals surface area contributed by atoms with Crippen molar-refractivity contribution in [3.05, 3.63) is 41.5 Å². The lowest BCUT2D eigenvalue weighted by molar-refractivity contribution is -0.187. The normalized spacial score (nSPS) is 39.0. The van der Waals surface area contributed by atoms with Crippen molar-refractivity contribution in [3.63, 3.8) is 0 Å². The number of rotatable bonds is 2. The first-order valence-corrected chi connectivity index (χ1v) is 11.4. The summed E-state index contributed by atoms with van der Waals surface area (Å²) in [4.78, 5) is 0. The topological polar surface area (TPSA) is 15.7 Å². The van der Waals surface area contributed by atoms with Gasteiger partial charge in [0.15, 0.2) is 0 Å². The molecular formula is C25H35F3N2O. The maximum absolute atomic E-state index is 14.5. The third-order valence-electron chi connectivity index (χ3n) is 8.27. The van der Waals surface area contributed by atoms with Crippen LogP contribution in [0.25, 0.3) is 0 Å². The van der Waals surface area contributed by atoms with Crippen LogP contribution in [0.15, 0.2) is 35.9 Å². The van der Waals surface area contributed by atoms with Crippen LogP contribution in [0.4, 0.5) is 18.9 Å². The average Bonchev–Trinajstić information content (AvgIpc) is 2.96. The van der Waals surface area contributed by atoms with Gasteiger partial charge in [-0.05, 0) is 61.1 Å². The van der Waals surface area contributed by atoms with Gasteiger partial charge in [0.2, 0.25) is 0 Å². The zero-order valence-electron chi connectivity index (χ0n) is 19.4. The van der Waals surface area contributed by atoms with Gasteiger partial charge in [-0.2, -0.15) is 13.2 Å². The lowest BCUT2D eigenvalue weighted by Crippen LogP contribution is -2.48. The number of alkyl halides is 3. The number of fused-ring (bicyclic) bond motifs is 3. The molecule has 1 heterocycles. The molecule has 4 rings (SSSR count). The number of benzene rings is 1. The molecule has 0 radical (unpaired) electrons. The molecule has 0 N–H and O–H groups in total. The lowest BCUT2D eigenvalue weighted by Gasteiger charge is -2.44. The second-order valence-corrected chi connectivity index (χ2v) is 10.3. The van der Waals surface area contributed by atoms with Gasteiger partial charge in [0.1, 0.15) is 6.04 Å². The van der Waals surface area contributed by atoms with E-state index < -0.39 is 18.1 Å². The molecule has 2 fully saturated rings. The number of anilines is 1. The molecule has 3 aliphatic rings. The molecule has 0 aromatic heterocycles. The van der Waals surface area contributed by atoms with Crippen molar-refractivity contribution in [3.8, 4) is 0 Å². The summed E-state index contributed by atoms with van der Waals surface area (Å²) in [5, 5.41) is 3.41. The molecule has 2 aliphatic carbocycles. The van der Waals surface area contributed by atoms with E-state index in [-0.39, 0.29) is 29.4 Å². The first-order chi connectivity index (χ1) is 14.5. The number of methoxy groups -OCH3 is 1. The smallest absolute Gasteiger partial charge is 0.381 e. The van der Waals surface area contributed by atoms with Crippen LogP contribution in [-0.4, -0.2) is 43.5 Å². The fraction of sp³-hybridized carbons (Fsp3) is 0.680. The highest BCUT2D eigenvalue weighted by Gasteiger charge is 2.63. The molecule has 1 aromatic carbocycles. The van der Waals surface area contributed by atoms with Gasteiger partial charge in [0.05, 0.1) is 17.8 Å². The van der Waals surface area contributed by atoms with E-state index in [1.165, 1.54) is 10.6 Å². The minimum Gasteiger partial charge on any atom is -0.381 e. The van der Waals surface area contributed by atoms with Crippen molar-refractivity contribution < 1.29 is 17.9 Å². The molecule has 0 spiro atoms. The minimum atomic E-state index is -4.30. The molecule has 6 heteroatoms. The number of hydrazine groups is 1. The zero-order valence-corrected chi connectivity index (χ0v) is 19.4. The van der Waals surface area contributed by atoms with E-state index in [1.54, 1.807) is 14.2 Å². The number of ether oxygens (including phenoxy) is 1. The molecule has 3 nitrogen and oxygen atoms in total. The molecule has 172 valence electrons. The summed E-state index contributed by atoms with van der Waals surface area (Å²) in [5.74, 6) is -0.387. The second-order valence-electron chi connectivity index (χ2n) is 10.3. The summed E-state index contributed by atoms with van der Waals surface area (Å²) in [5.41, 5.74) is 2.92. The Kier molecular flexibility index (Phi) is 5.70. The molecule has 1 aliphatic heterocycles. The monoisotopic (exact) mass is 436 g/mol. The van der Waals surface area contributed by atoms with E-state index in [0.29, 0.717) is 0 Å². The van der Waals surface area contributed by atoms with Gasteiger partial charge < -0.3 is 4.74 Å². The van der Waals surface area contributed by atoms with Crippen molar-refractivity contribution in [2.45, 2.75) is 71.3 Å². The Morgan fingerprint density at radius 3 is 2.32 bits per heavy atom. The van der Waals surface area contributed by atoms with E-state index >= 15 is 0 Å². The highest BCUT2D eigenvalue weighted by Crippen LogP contribution is 2.58. The van der Waals surface area contributed by atoms with Crippen LogP contribution >= 0.6 is 0 Å². The summed E-state index contributed by atoms with van der Waals surface area (Å²) in [6.07, 6.45) is 0.540. The van der Waals surface area contributed by atoms with Crippen molar-refractivity contribution in [2.24, 2.45) is 23.2 Å². The zero-order chi connectivity index (χ0) is 22.7. The molecule has 7 atom stereocenters. The molecular weight excluding hydrogens is 401 g/mol. The summed E-state index contributed by atoms with van der Waals surface area (Å²) < 4.78 is 49.2. The Hall–Kier alpha value is -1.53. The van der Waals surface area contributed by atoms with E-state index in [1.807, 2.05) is 43.1 Å². The summed E-state index contributed by atoms with van der Waals surface area (Å²) in [7, 11) is 3.35. The fourth-order valence-electron chi connectivity index (χ4n) is 6.64. The highest BCUT2D eigenvalue weighted by atomic mass is 19.4. The molecule has 7 unspecified atom stereocenters. The van der Waals surface area contributed by atoms with E-state index in [4.69, 9.17) is 4.74 Å². The van der Waals surface area contributed by atoms with Crippen LogP contribution in [0.3, 0.4) is 0 Å². The van der Waals surface area contributed by atoms with Crippen LogP contribution in [0.2, 0.25) is 0 Å². The van der Waals surface area contributed by atoms with Crippen LogP contribution in [0.1, 0.15) is 45.6 Å². The average molecular weight is 437 g/mol. The quantitative estimate of drug-likeness (QED) is 0.529. The third kappa shape index (κ3) is 3.70. The van der Waals surface area contributed by atoms with Crippen molar-refractivity contribution in [1.82, 2.24) is 5.01 Å². The van der Waals surface area contributed by atoms with Gasteiger partial charge in [-0.25, -0.2) is 5.01 Å². The number of aryl methyl sites for hydroxylation is 1. The first-order valence-electron chi connectivity index (χ1n) is 11.4. The summed E-state index contributed by atoms with van der Waals surface area (Å²) >= 11 is 0. The Morgan fingerprint density at radius 1 is 1.10 bits per heavy atom. The molecule has 1 saturated carbocycles. The molecule has 1 saturated heterocycles. The van der Waals surface area contributed by atoms with Gasteiger partial charge in [-0.1, -0.05) is 44.5 Å². The Bertz CT molecular complexity index is 836. The van der Waals surface area contributed by atoms with Gasteiger partial charge in [0, 0.05) is 20.1 Å². The Balaban J connectivity index is 1.91. The first kappa shape index (κ1) is 22.7. The van der Waals surface area contributed by atoms with Crippen molar-refractivity contribution >= 4 is 5.69 Å². The predicted molar refractivity (Wildman–Crippen MR) is 118 cm³/mol. The molecule has 0 bridgehead atoms. The summed E-state index contributed by atoms with van der Waals surface area (Å²) in [6.45, 7) is 8.40. The van der Waals surface area contributed by atoms with E-state index in [2.05, 4.69) is 19.9 Å². The van der Waals surface area contributed by atoms with Gasteiger partial charge in [-0.15, -0.1) is 0 Å². The van der Waals surface area contributed by atoms with Gasteiger partial charge >= 0.3 is 6.18 Å². The van der Waals surface area contributed by atoms with Crippen LogP contribution in [-0.2, 0) is 4.74 Å².